The Bertz CT molecular complexity index is 586. The first kappa shape index (κ1) is 9.83. The number of rotatable bonds is 1. The minimum atomic E-state index is -3.79. The topological polar surface area (TPSA) is 47.3 Å². The summed E-state index contributed by atoms with van der Waals surface area (Å²) in [5.41, 5.74) is 0.400. The van der Waals surface area contributed by atoms with Crippen LogP contribution in [0, 0.1) is 0 Å². The number of fused-ring (bicyclic) bond motifs is 1. The quantitative estimate of drug-likeness (QED) is 0.732. The highest BCUT2D eigenvalue weighted by atomic mass is 35.7. The molecule has 2 rings (SSSR count). The lowest BCUT2D eigenvalue weighted by Gasteiger charge is -1.97. The van der Waals surface area contributed by atoms with Crippen LogP contribution in [0.2, 0.25) is 5.02 Å². The van der Waals surface area contributed by atoms with E-state index < -0.39 is 9.05 Å². The van der Waals surface area contributed by atoms with E-state index in [0.29, 0.717) is 11.0 Å². The van der Waals surface area contributed by atoms with Crippen molar-refractivity contribution < 1.29 is 12.8 Å². The molecule has 0 fully saturated rings. The van der Waals surface area contributed by atoms with Crippen molar-refractivity contribution in [2.75, 3.05) is 0 Å². The smallest absolute Gasteiger partial charge is 0.262 e. The zero-order valence-electron chi connectivity index (χ0n) is 6.70. The van der Waals surface area contributed by atoms with Gasteiger partial charge in [0, 0.05) is 10.7 Å². The van der Waals surface area contributed by atoms with Crippen LogP contribution >= 0.6 is 22.3 Å². The van der Waals surface area contributed by atoms with E-state index in [0.717, 1.165) is 0 Å². The highest BCUT2D eigenvalue weighted by Crippen LogP contribution is 2.32. The molecule has 0 bridgehead atoms. The van der Waals surface area contributed by atoms with E-state index in [1.54, 1.807) is 6.07 Å². The van der Waals surface area contributed by atoms with Crippen LogP contribution in [0.15, 0.2) is 33.8 Å². The Balaban J connectivity index is 2.96. The monoisotopic (exact) mass is 250 g/mol. The summed E-state index contributed by atoms with van der Waals surface area (Å²) in [5, 5.41) is 0.559. The zero-order chi connectivity index (χ0) is 10.3. The minimum Gasteiger partial charge on any atom is -0.463 e. The first-order valence-corrected chi connectivity index (χ1v) is 6.29. The summed E-state index contributed by atoms with van der Waals surface area (Å²) in [4.78, 5) is -0.0320. The summed E-state index contributed by atoms with van der Waals surface area (Å²) in [5.74, 6) is 0. The van der Waals surface area contributed by atoms with Crippen molar-refractivity contribution in [1.29, 1.82) is 0 Å². The van der Waals surface area contributed by atoms with E-state index in [9.17, 15) is 8.42 Å². The van der Waals surface area contributed by atoms with Crippen molar-refractivity contribution in [3.8, 4) is 0 Å². The fraction of sp³-hybridized carbons (Fsp3) is 0. The summed E-state index contributed by atoms with van der Waals surface area (Å²) in [7, 11) is 1.44. The van der Waals surface area contributed by atoms with E-state index in [2.05, 4.69) is 0 Å². The molecule has 0 amide bonds. The van der Waals surface area contributed by atoms with Crippen LogP contribution in [-0.4, -0.2) is 8.42 Å². The molecule has 0 aliphatic heterocycles. The molecule has 0 unspecified atom stereocenters. The standard InChI is InChI=1S/C8H4Cl2O3S/c9-5-4-13-6-2-1-3-7(8(5)6)14(10,11)12/h1-4H. The van der Waals surface area contributed by atoms with Gasteiger partial charge >= 0.3 is 0 Å². The summed E-state index contributed by atoms with van der Waals surface area (Å²) in [6.07, 6.45) is 1.28. The third-order valence-electron chi connectivity index (χ3n) is 1.78. The van der Waals surface area contributed by atoms with Gasteiger partial charge in [0.15, 0.2) is 0 Å². The van der Waals surface area contributed by atoms with Crippen molar-refractivity contribution in [3.63, 3.8) is 0 Å². The SMILES string of the molecule is O=S(=O)(Cl)c1cccc2occ(Cl)c12. The molecule has 1 aromatic heterocycles. The van der Waals surface area contributed by atoms with Crippen LogP contribution < -0.4 is 0 Å². The second-order valence-corrected chi connectivity index (χ2v) is 5.59. The van der Waals surface area contributed by atoms with Gasteiger partial charge in [-0.25, -0.2) is 8.42 Å². The Labute approximate surface area is 89.6 Å². The molecule has 0 saturated heterocycles. The molecule has 1 heterocycles. The van der Waals surface area contributed by atoms with Crippen molar-refractivity contribution in [2.24, 2.45) is 0 Å². The Morgan fingerprint density at radius 1 is 1.29 bits per heavy atom. The molecule has 14 heavy (non-hydrogen) atoms. The molecule has 0 atom stereocenters. The number of halogens is 2. The number of furan rings is 1. The highest BCUT2D eigenvalue weighted by Gasteiger charge is 2.17. The Hall–Kier alpha value is -0.710. The van der Waals surface area contributed by atoms with Gasteiger partial charge < -0.3 is 4.42 Å². The van der Waals surface area contributed by atoms with E-state index >= 15 is 0 Å². The summed E-state index contributed by atoms with van der Waals surface area (Å²) >= 11 is 5.77. The lowest BCUT2D eigenvalue weighted by molar-refractivity contribution is 0.608. The maximum Gasteiger partial charge on any atom is 0.262 e. The molecule has 1 aromatic carbocycles. The predicted molar refractivity (Wildman–Crippen MR) is 54.3 cm³/mol. The molecule has 6 heteroatoms. The molecule has 3 nitrogen and oxygen atoms in total. The van der Waals surface area contributed by atoms with Gasteiger partial charge in [0.2, 0.25) is 0 Å². The molecule has 0 N–H and O–H groups in total. The van der Waals surface area contributed by atoms with E-state index in [-0.39, 0.29) is 9.92 Å². The molecule has 0 saturated carbocycles. The zero-order valence-corrected chi connectivity index (χ0v) is 9.03. The van der Waals surface area contributed by atoms with Crippen LogP contribution in [0.5, 0.6) is 0 Å². The van der Waals surface area contributed by atoms with Gasteiger partial charge in [0.1, 0.15) is 11.8 Å². The van der Waals surface area contributed by atoms with Gasteiger partial charge in [0.25, 0.3) is 9.05 Å². The van der Waals surface area contributed by atoms with Crippen molar-refractivity contribution >= 4 is 42.3 Å². The third-order valence-corrected chi connectivity index (χ3v) is 3.42. The maximum absolute atomic E-state index is 11.2. The number of hydrogen-bond donors (Lipinski definition) is 0. The maximum atomic E-state index is 11.2. The Morgan fingerprint density at radius 3 is 2.64 bits per heavy atom. The van der Waals surface area contributed by atoms with Gasteiger partial charge in [-0.1, -0.05) is 17.7 Å². The highest BCUT2D eigenvalue weighted by molar-refractivity contribution is 8.14. The molecule has 0 radical (unpaired) electrons. The lowest BCUT2D eigenvalue weighted by Crippen LogP contribution is -1.90. The third kappa shape index (κ3) is 1.49. The van der Waals surface area contributed by atoms with E-state index in [1.165, 1.54) is 18.4 Å². The molecule has 2 aromatic rings. The molecular formula is C8H4Cl2O3S. The van der Waals surface area contributed by atoms with Crippen molar-refractivity contribution in [2.45, 2.75) is 4.90 Å². The van der Waals surface area contributed by atoms with Gasteiger partial charge in [-0.15, -0.1) is 0 Å². The summed E-state index contributed by atoms with van der Waals surface area (Å²) < 4.78 is 27.4. The predicted octanol–water partition coefficient (Wildman–Crippen LogP) is 3.01. The average Bonchev–Trinajstić information content (AvgIpc) is 2.46. The van der Waals surface area contributed by atoms with Crippen LogP contribution in [0.3, 0.4) is 0 Å². The molecular weight excluding hydrogens is 247 g/mol. The Kier molecular flexibility index (Phi) is 2.21. The second-order valence-electron chi connectivity index (χ2n) is 2.65. The molecule has 0 aliphatic carbocycles. The summed E-state index contributed by atoms with van der Waals surface area (Å²) in [6, 6.07) is 4.54. The van der Waals surface area contributed by atoms with Gasteiger partial charge in [-0.2, -0.15) is 0 Å². The molecule has 0 spiro atoms. The van der Waals surface area contributed by atoms with Gasteiger partial charge in [-0.05, 0) is 12.1 Å². The normalized spacial score (nSPS) is 12.1. The van der Waals surface area contributed by atoms with Gasteiger partial charge in [-0.3, -0.25) is 0 Å². The largest absolute Gasteiger partial charge is 0.463 e. The molecule has 0 aliphatic rings. The van der Waals surface area contributed by atoms with Gasteiger partial charge in [0.05, 0.1) is 15.3 Å². The van der Waals surface area contributed by atoms with Crippen LogP contribution in [0.4, 0.5) is 0 Å². The van der Waals surface area contributed by atoms with E-state index in [4.69, 9.17) is 26.7 Å². The first-order valence-electron chi connectivity index (χ1n) is 3.60. The van der Waals surface area contributed by atoms with Crippen LogP contribution in [-0.2, 0) is 9.05 Å². The van der Waals surface area contributed by atoms with E-state index in [1.807, 2.05) is 0 Å². The number of hydrogen-bond acceptors (Lipinski definition) is 3. The fourth-order valence-electron chi connectivity index (χ4n) is 1.22. The minimum absolute atomic E-state index is 0.0320. The van der Waals surface area contributed by atoms with Crippen LogP contribution in [0.1, 0.15) is 0 Å². The molecule has 74 valence electrons. The lowest BCUT2D eigenvalue weighted by atomic mass is 10.2. The van der Waals surface area contributed by atoms with Crippen LogP contribution in [0.25, 0.3) is 11.0 Å². The van der Waals surface area contributed by atoms with Crippen molar-refractivity contribution in [1.82, 2.24) is 0 Å². The fourth-order valence-corrected chi connectivity index (χ4v) is 2.60. The number of benzene rings is 1. The Morgan fingerprint density at radius 2 is 2.00 bits per heavy atom. The first-order chi connectivity index (χ1) is 6.50. The summed E-state index contributed by atoms with van der Waals surface area (Å²) in [6.45, 7) is 0. The average molecular weight is 251 g/mol. The second kappa shape index (κ2) is 3.15. The van der Waals surface area contributed by atoms with Crippen molar-refractivity contribution in [3.05, 3.63) is 29.5 Å².